The second kappa shape index (κ2) is 4.69. The number of nitrogen functional groups attached to an aromatic ring is 1. The third-order valence-corrected chi connectivity index (χ3v) is 2.13. The molecule has 0 radical (unpaired) electrons. The van der Waals surface area contributed by atoms with Gasteiger partial charge in [-0.3, -0.25) is 0 Å². The first-order valence-corrected chi connectivity index (χ1v) is 4.92. The van der Waals surface area contributed by atoms with Crippen molar-refractivity contribution < 1.29 is 13.9 Å². The zero-order valence-corrected chi connectivity index (χ0v) is 9.18. The number of pyridine rings is 1. The fraction of sp³-hybridized carbons (Fsp3) is 0.0833. The molecule has 88 valence electrons. The third-order valence-electron chi connectivity index (χ3n) is 2.13. The zero-order chi connectivity index (χ0) is 12.3. The van der Waals surface area contributed by atoms with Gasteiger partial charge in [0.2, 0.25) is 5.88 Å². The molecule has 1 aromatic carbocycles. The van der Waals surface area contributed by atoms with Crippen molar-refractivity contribution in [2.24, 2.45) is 0 Å². The molecule has 2 N–H and O–H groups in total. The van der Waals surface area contributed by atoms with Gasteiger partial charge in [-0.2, -0.15) is 0 Å². The van der Waals surface area contributed by atoms with Gasteiger partial charge in [0, 0.05) is 12.1 Å². The van der Waals surface area contributed by atoms with Crippen LogP contribution in [-0.4, -0.2) is 12.1 Å². The number of methoxy groups -OCH3 is 1. The lowest BCUT2D eigenvalue weighted by Crippen LogP contribution is -1.94. The number of nitrogens with zero attached hydrogens (tertiary/aromatic N) is 1. The Hall–Kier alpha value is -2.30. The number of benzene rings is 1. The minimum atomic E-state index is -0.405. The molecule has 0 fully saturated rings. The Morgan fingerprint density at radius 1 is 1.24 bits per heavy atom. The van der Waals surface area contributed by atoms with E-state index in [2.05, 4.69) is 4.98 Å². The van der Waals surface area contributed by atoms with Crippen LogP contribution in [0.4, 0.5) is 10.1 Å². The van der Waals surface area contributed by atoms with Crippen molar-refractivity contribution in [3.8, 4) is 17.4 Å². The summed E-state index contributed by atoms with van der Waals surface area (Å²) in [5.74, 6) is 0.954. The second-order valence-corrected chi connectivity index (χ2v) is 3.32. The number of rotatable bonds is 3. The number of aromatic nitrogens is 1. The van der Waals surface area contributed by atoms with Crippen molar-refractivity contribution in [2.75, 3.05) is 12.8 Å². The van der Waals surface area contributed by atoms with Crippen LogP contribution < -0.4 is 15.2 Å². The maximum atomic E-state index is 12.8. The van der Waals surface area contributed by atoms with Crippen LogP contribution in [0.2, 0.25) is 0 Å². The van der Waals surface area contributed by atoms with E-state index in [9.17, 15) is 4.39 Å². The van der Waals surface area contributed by atoms with Crippen LogP contribution in [0.3, 0.4) is 0 Å². The summed E-state index contributed by atoms with van der Waals surface area (Å²) in [6.45, 7) is 0. The molecule has 1 aromatic heterocycles. The van der Waals surface area contributed by atoms with Crippen molar-refractivity contribution in [1.29, 1.82) is 0 Å². The summed E-state index contributed by atoms with van der Waals surface area (Å²) in [5.41, 5.74) is 5.83. The highest BCUT2D eigenvalue weighted by atomic mass is 19.1. The lowest BCUT2D eigenvalue weighted by Gasteiger charge is -2.07. The smallest absolute Gasteiger partial charge is 0.219 e. The van der Waals surface area contributed by atoms with E-state index >= 15 is 0 Å². The SMILES string of the molecule is COc1ccc(Oc2ccc(F)cc2N)nc1. The maximum absolute atomic E-state index is 12.8. The van der Waals surface area contributed by atoms with E-state index in [0.29, 0.717) is 17.4 Å². The first kappa shape index (κ1) is 11.2. The molecule has 0 aliphatic rings. The van der Waals surface area contributed by atoms with Gasteiger partial charge in [-0.15, -0.1) is 0 Å². The topological polar surface area (TPSA) is 57.4 Å². The monoisotopic (exact) mass is 234 g/mol. The third kappa shape index (κ3) is 2.63. The minimum absolute atomic E-state index is 0.225. The number of halogens is 1. The predicted molar refractivity (Wildman–Crippen MR) is 61.7 cm³/mol. The summed E-state index contributed by atoms with van der Waals surface area (Å²) < 4.78 is 23.2. The van der Waals surface area contributed by atoms with E-state index in [0.717, 1.165) is 0 Å². The molecule has 0 aliphatic heterocycles. The Balaban J connectivity index is 2.19. The van der Waals surface area contributed by atoms with E-state index in [4.69, 9.17) is 15.2 Å². The summed E-state index contributed by atoms with van der Waals surface area (Å²) in [7, 11) is 1.55. The van der Waals surface area contributed by atoms with E-state index in [-0.39, 0.29) is 5.69 Å². The highest BCUT2D eigenvalue weighted by Gasteiger charge is 2.04. The van der Waals surface area contributed by atoms with Crippen molar-refractivity contribution in [1.82, 2.24) is 4.98 Å². The fourth-order valence-electron chi connectivity index (χ4n) is 1.27. The molecule has 2 aromatic rings. The Morgan fingerprint density at radius 2 is 2.06 bits per heavy atom. The molecule has 0 saturated heterocycles. The van der Waals surface area contributed by atoms with Crippen LogP contribution in [-0.2, 0) is 0 Å². The quantitative estimate of drug-likeness (QED) is 0.829. The summed E-state index contributed by atoms with van der Waals surface area (Å²) in [6.07, 6.45) is 1.52. The molecule has 5 heteroatoms. The standard InChI is InChI=1S/C12H11FN2O2/c1-16-9-3-5-12(15-7-9)17-11-4-2-8(13)6-10(11)14/h2-7H,14H2,1H3. The summed E-state index contributed by atoms with van der Waals surface area (Å²) in [6, 6.07) is 7.27. The largest absolute Gasteiger partial charge is 0.495 e. The number of hydrogen-bond donors (Lipinski definition) is 1. The Kier molecular flexibility index (Phi) is 3.09. The van der Waals surface area contributed by atoms with Gasteiger partial charge in [-0.1, -0.05) is 0 Å². The zero-order valence-electron chi connectivity index (χ0n) is 9.18. The van der Waals surface area contributed by atoms with Crippen LogP contribution in [0.15, 0.2) is 36.5 Å². The molecule has 0 aliphatic carbocycles. The van der Waals surface area contributed by atoms with Crippen LogP contribution in [0.1, 0.15) is 0 Å². The lowest BCUT2D eigenvalue weighted by molar-refractivity contribution is 0.408. The van der Waals surface area contributed by atoms with Gasteiger partial charge in [0.25, 0.3) is 0 Å². The molecule has 0 saturated carbocycles. The highest BCUT2D eigenvalue weighted by molar-refractivity contribution is 5.53. The van der Waals surface area contributed by atoms with Crippen molar-refractivity contribution in [3.05, 3.63) is 42.3 Å². The molecular formula is C12H11FN2O2. The second-order valence-electron chi connectivity index (χ2n) is 3.32. The molecule has 0 atom stereocenters. The first-order valence-electron chi connectivity index (χ1n) is 4.92. The van der Waals surface area contributed by atoms with Crippen molar-refractivity contribution >= 4 is 5.69 Å². The van der Waals surface area contributed by atoms with Gasteiger partial charge >= 0.3 is 0 Å². The van der Waals surface area contributed by atoms with Crippen LogP contribution in [0.5, 0.6) is 17.4 Å². The Morgan fingerprint density at radius 3 is 2.65 bits per heavy atom. The van der Waals surface area contributed by atoms with Gasteiger partial charge in [0.15, 0.2) is 5.75 Å². The molecule has 4 nitrogen and oxygen atoms in total. The van der Waals surface area contributed by atoms with Gasteiger partial charge in [-0.25, -0.2) is 9.37 Å². The van der Waals surface area contributed by atoms with Crippen molar-refractivity contribution in [3.63, 3.8) is 0 Å². The predicted octanol–water partition coefficient (Wildman–Crippen LogP) is 2.60. The Labute approximate surface area is 97.8 Å². The van der Waals surface area contributed by atoms with E-state index in [1.165, 1.54) is 24.4 Å². The average molecular weight is 234 g/mol. The molecule has 2 rings (SSSR count). The lowest BCUT2D eigenvalue weighted by atomic mass is 10.3. The van der Waals surface area contributed by atoms with E-state index in [1.807, 2.05) is 0 Å². The highest BCUT2D eigenvalue weighted by Crippen LogP contribution is 2.27. The maximum Gasteiger partial charge on any atom is 0.219 e. The van der Waals surface area contributed by atoms with Gasteiger partial charge in [0.05, 0.1) is 19.0 Å². The number of hydrogen-bond acceptors (Lipinski definition) is 4. The number of ether oxygens (including phenoxy) is 2. The van der Waals surface area contributed by atoms with E-state index in [1.54, 1.807) is 19.2 Å². The first-order chi connectivity index (χ1) is 8.19. The molecular weight excluding hydrogens is 223 g/mol. The van der Waals surface area contributed by atoms with Crippen molar-refractivity contribution in [2.45, 2.75) is 0 Å². The molecule has 1 heterocycles. The van der Waals surface area contributed by atoms with Crippen LogP contribution in [0, 0.1) is 5.82 Å². The average Bonchev–Trinajstić information content (AvgIpc) is 2.34. The number of nitrogens with two attached hydrogens (primary N) is 1. The summed E-state index contributed by atoms with van der Waals surface area (Å²) in [4.78, 5) is 4.01. The van der Waals surface area contributed by atoms with E-state index < -0.39 is 5.82 Å². The fourth-order valence-corrected chi connectivity index (χ4v) is 1.27. The number of anilines is 1. The minimum Gasteiger partial charge on any atom is -0.495 e. The Bertz CT molecular complexity index is 514. The normalized spacial score (nSPS) is 10.0. The van der Waals surface area contributed by atoms with Gasteiger partial charge in [-0.05, 0) is 18.2 Å². The molecule has 17 heavy (non-hydrogen) atoms. The van der Waals surface area contributed by atoms with Gasteiger partial charge in [0.1, 0.15) is 11.6 Å². The molecule has 0 bridgehead atoms. The van der Waals surface area contributed by atoms with Crippen LogP contribution in [0.25, 0.3) is 0 Å². The molecule has 0 amide bonds. The summed E-state index contributed by atoms with van der Waals surface area (Å²) >= 11 is 0. The molecule has 0 unspecified atom stereocenters. The van der Waals surface area contributed by atoms with Gasteiger partial charge < -0.3 is 15.2 Å². The van der Waals surface area contributed by atoms with Crippen LogP contribution >= 0.6 is 0 Å². The molecule has 0 spiro atoms. The summed E-state index contributed by atoms with van der Waals surface area (Å²) in [5, 5.41) is 0.